The first-order valence-corrected chi connectivity index (χ1v) is 6.33. The maximum atomic E-state index is 12.0. The maximum absolute atomic E-state index is 12.0. The van der Waals surface area contributed by atoms with Crippen molar-refractivity contribution in [3.63, 3.8) is 0 Å². The van der Waals surface area contributed by atoms with Crippen molar-refractivity contribution in [1.82, 2.24) is 0 Å². The molecule has 0 atom stereocenters. The number of anilines is 2. The van der Waals surface area contributed by atoms with Crippen LogP contribution in [0.5, 0.6) is 0 Å². The summed E-state index contributed by atoms with van der Waals surface area (Å²) < 4.78 is 0.984. The first-order valence-electron chi connectivity index (χ1n) is 5.54. The van der Waals surface area contributed by atoms with Gasteiger partial charge in [0.15, 0.2) is 0 Å². The number of carbonyl (C=O) groups excluding carboxylic acids is 1. The summed E-state index contributed by atoms with van der Waals surface area (Å²) in [4.78, 5) is 12.0. The highest BCUT2D eigenvalue weighted by Crippen LogP contribution is 2.16. The number of carbonyl (C=O) groups is 1. The Hall–Kier alpha value is -1.81. The SMILES string of the molecule is CNc1cccc(C(=O)Nc2ccc(Br)cc2)c1. The minimum atomic E-state index is -0.116. The summed E-state index contributed by atoms with van der Waals surface area (Å²) in [6.07, 6.45) is 0. The standard InChI is InChI=1S/C14H13BrN2O/c1-16-13-4-2-3-10(9-13)14(18)17-12-7-5-11(15)6-8-12/h2-9,16H,1H3,(H,17,18). The fraction of sp³-hybridized carbons (Fsp3) is 0.0714. The van der Waals surface area contributed by atoms with Crippen molar-refractivity contribution in [3.8, 4) is 0 Å². The van der Waals surface area contributed by atoms with Crippen LogP contribution in [0.2, 0.25) is 0 Å². The van der Waals surface area contributed by atoms with E-state index in [4.69, 9.17) is 0 Å². The summed E-state index contributed by atoms with van der Waals surface area (Å²) in [5.41, 5.74) is 2.32. The predicted molar refractivity (Wildman–Crippen MR) is 78.1 cm³/mol. The van der Waals surface area contributed by atoms with E-state index in [2.05, 4.69) is 26.6 Å². The molecule has 0 aliphatic heterocycles. The van der Waals surface area contributed by atoms with Crippen LogP contribution in [0.25, 0.3) is 0 Å². The van der Waals surface area contributed by atoms with Crippen molar-refractivity contribution in [2.45, 2.75) is 0 Å². The Morgan fingerprint density at radius 3 is 2.44 bits per heavy atom. The molecule has 92 valence electrons. The minimum Gasteiger partial charge on any atom is -0.388 e. The van der Waals surface area contributed by atoms with Gasteiger partial charge in [0.2, 0.25) is 0 Å². The summed E-state index contributed by atoms with van der Waals surface area (Å²) in [5.74, 6) is -0.116. The van der Waals surface area contributed by atoms with Crippen LogP contribution >= 0.6 is 15.9 Å². The number of halogens is 1. The summed E-state index contributed by atoms with van der Waals surface area (Å²) in [5, 5.41) is 5.86. The van der Waals surface area contributed by atoms with Crippen molar-refractivity contribution in [2.24, 2.45) is 0 Å². The van der Waals surface area contributed by atoms with Gasteiger partial charge in [-0.25, -0.2) is 0 Å². The van der Waals surface area contributed by atoms with Gasteiger partial charge in [-0.1, -0.05) is 22.0 Å². The Bertz CT molecular complexity index is 552. The van der Waals surface area contributed by atoms with E-state index in [9.17, 15) is 4.79 Å². The van der Waals surface area contributed by atoms with Gasteiger partial charge < -0.3 is 10.6 Å². The summed E-state index contributed by atoms with van der Waals surface area (Å²) >= 11 is 3.35. The molecule has 0 saturated carbocycles. The maximum Gasteiger partial charge on any atom is 0.255 e. The Kier molecular flexibility index (Phi) is 3.99. The molecule has 0 aliphatic rings. The predicted octanol–water partition coefficient (Wildman–Crippen LogP) is 3.74. The van der Waals surface area contributed by atoms with Gasteiger partial charge in [0.25, 0.3) is 5.91 Å². The van der Waals surface area contributed by atoms with Crippen molar-refractivity contribution < 1.29 is 4.79 Å². The second-order valence-electron chi connectivity index (χ2n) is 3.79. The third-order valence-corrected chi connectivity index (χ3v) is 3.04. The van der Waals surface area contributed by atoms with E-state index in [1.54, 1.807) is 6.07 Å². The van der Waals surface area contributed by atoms with Crippen LogP contribution in [0, 0.1) is 0 Å². The lowest BCUT2D eigenvalue weighted by Crippen LogP contribution is -2.11. The quantitative estimate of drug-likeness (QED) is 0.907. The fourth-order valence-corrected chi connectivity index (χ4v) is 1.82. The summed E-state index contributed by atoms with van der Waals surface area (Å²) in [6, 6.07) is 14.8. The van der Waals surface area contributed by atoms with Gasteiger partial charge in [-0.15, -0.1) is 0 Å². The van der Waals surface area contributed by atoms with Crippen molar-refractivity contribution >= 4 is 33.2 Å². The number of hydrogen-bond donors (Lipinski definition) is 2. The van der Waals surface area contributed by atoms with E-state index in [0.717, 1.165) is 15.8 Å². The molecule has 0 aliphatic carbocycles. The smallest absolute Gasteiger partial charge is 0.255 e. The first-order chi connectivity index (χ1) is 8.69. The van der Waals surface area contributed by atoms with Crippen LogP contribution in [0.4, 0.5) is 11.4 Å². The van der Waals surface area contributed by atoms with Gasteiger partial charge in [-0.2, -0.15) is 0 Å². The fourth-order valence-electron chi connectivity index (χ4n) is 1.55. The van der Waals surface area contributed by atoms with Crippen LogP contribution in [0.3, 0.4) is 0 Å². The molecule has 0 aromatic heterocycles. The van der Waals surface area contributed by atoms with Gasteiger partial charge in [-0.3, -0.25) is 4.79 Å². The molecule has 2 aromatic carbocycles. The van der Waals surface area contributed by atoms with Crippen molar-refractivity contribution in [2.75, 3.05) is 17.7 Å². The highest BCUT2D eigenvalue weighted by atomic mass is 79.9. The number of benzene rings is 2. The van der Waals surface area contributed by atoms with E-state index in [1.165, 1.54) is 0 Å². The van der Waals surface area contributed by atoms with Crippen molar-refractivity contribution in [3.05, 3.63) is 58.6 Å². The second-order valence-corrected chi connectivity index (χ2v) is 4.71. The zero-order valence-electron chi connectivity index (χ0n) is 9.91. The first kappa shape index (κ1) is 12.6. The summed E-state index contributed by atoms with van der Waals surface area (Å²) in [7, 11) is 1.83. The zero-order chi connectivity index (χ0) is 13.0. The third-order valence-electron chi connectivity index (χ3n) is 2.52. The lowest BCUT2D eigenvalue weighted by molar-refractivity contribution is 0.102. The van der Waals surface area contributed by atoms with Gasteiger partial charge >= 0.3 is 0 Å². The Morgan fingerprint density at radius 1 is 1.06 bits per heavy atom. The van der Waals surface area contributed by atoms with Gasteiger partial charge in [0.05, 0.1) is 0 Å². The second kappa shape index (κ2) is 5.69. The van der Waals surface area contributed by atoms with Crippen LogP contribution in [-0.2, 0) is 0 Å². The molecule has 3 nitrogen and oxygen atoms in total. The third kappa shape index (κ3) is 3.11. The minimum absolute atomic E-state index is 0.116. The van der Waals surface area contributed by atoms with E-state index >= 15 is 0 Å². The van der Waals surface area contributed by atoms with Gasteiger partial charge in [0.1, 0.15) is 0 Å². The Labute approximate surface area is 114 Å². The van der Waals surface area contributed by atoms with Gasteiger partial charge in [-0.05, 0) is 42.5 Å². The molecule has 1 amide bonds. The molecule has 18 heavy (non-hydrogen) atoms. The average molecular weight is 305 g/mol. The molecular formula is C14H13BrN2O. The molecule has 0 spiro atoms. The normalized spacial score (nSPS) is 9.89. The Morgan fingerprint density at radius 2 is 1.78 bits per heavy atom. The molecule has 2 rings (SSSR count). The lowest BCUT2D eigenvalue weighted by atomic mass is 10.2. The molecule has 2 aromatic rings. The Balaban J connectivity index is 2.14. The van der Waals surface area contributed by atoms with Crippen LogP contribution < -0.4 is 10.6 Å². The highest BCUT2D eigenvalue weighted by molar-refractivity contribution is 9.10. The van der Waals surface area contributed by atoms with E-state index in [0.29, 0.717) is 5.56 Å². The topological polar surface area (TPSA) is 41.1 Å². The number of amides is 1. The largest absolute Gasteiger partial charge is 0.388 e. The molecule has 0 radical (unpaired) electrons. The molecule has 0 unspecified atom stereocenters. The number of nitrogens with one attached hydrogen (secondary N) is 2. The monoisotopic (exact) mass is 304 g/mol. The number of hydrogen-bond acceptors (Lipinski definition) is 2. The molecule has 2 N–H and O–H groups in total. The molecule has 0 saturated heterocycles. The van der Waals surface area contributed by atoms with Crippen LogP contribution in [0.15, 0.2) is 53.0 Å². The zero-order valence-corrected chi connectivity index (χ0v) is 11.5. The van der Waals surface area contributed by atoms with E-state index < -0.39 is 0 Å². The molecule has 0 heterocycles. The van der Waals surface area contributed by atoms with Gasteiger partial charge in [0, 0.05) is 28.5 Å². The van der Waals surface area contributed by atoms with Crippen LogP contribution in [0.1, 0.15) is 10.4 Å². The molecular weight excluding hydrogens is 292 g/mol. The summed E-state index contributed by atoms with van der Waals surface area (Å²) in [6.45, 7) is 0. The highest BCUT2D eigenvalue weighted by Gasteiger charge is 2.06. The van der Waals surface area contributed by atoms with E-state index in [1.807, 2.05) is 49.5 Å². The molecule has 0 fully saturated rings. The van der Waals surface area contributed by atoms with E-state index in [-0.39, 0.29) is 5.91 Å². The lowest BCUT2D eigenvalue weighted by Gasteiger charge is -2.07. The number of rotatable bonds is 3. The molecule has 0 bridgehead atoms. The van der Waals surface area contributed by atoms with Crippen molar-refractivity contribution in [1.29, 1.82) is 0 Å². The average Bonchev–Trinajstić information content (AvgIpc) is 2.41. The molecule has 4 heteroatoms. The van der Waals surface area contributed by atoms with Crippen LogP contribution in [-0.4, -0.2) is 13.0 Å².